The average molecular weight is 161 g/mol. The zero-order valence-electron chi connectivity index (χ0n) is 5.09. The molecule has 0 spiro atoms. The van der Waals surface area contributed by atoms with Crippen molar-refractivity contribution in [2.75, 3.05) is 0 Å². The van der Waals surface area contributed by atoms with Gasteiger partial charge >= 0.3 is 5.97 Å². The van der Waals surface area contributed by atoms with Crippen molar-refractivity contribution in [3.05, 3.63) is 15.8 Å². The molecule has 1 aromatic rings. The second-order valence-electron chi connectivity index (χ2n) is 1.67. The molecule has 0 aliphatic rings. The van der Waals surface area contributed by atoms with Gasteiger partial charge in [0, 0.05) is 0 Å². The van der Waals surface area contributed by atoms with Gasteiger partial charge in [0.15, 0.2) is 0 Å². The Morgan fingerprint density at radius 3 is 2.60 bits per heavy atom. The van der Waals surface area contributed by atoms with E-state index < -0.39 is 11.9 Å². The van der Waals surface area contributed by atoms with Gasteiger partial charge in [-0.2, -0.15) is 4.39 Å². The maximum Gasteiger partial charge on any atom is 0.365 e. The van der Waals surface area contributed by atoms with Crippen molar-refractivity contribution in [2.45, 2.75) is 6.92 Å². The van der Waals surface area contributed by atoms with E-state index in [-0.39, 0.29) is 5.01 Å². The predicted molar refractivity (Wildman–Crippen MR) is 33.8 cm³/mol. The highest BCUT2D eigenvalue weighted by molar-refractivity contribution is 7.13. The van der Waals surface area contributed by atoms with Crippen LogP contribution in [0.25, 0.3) is 0 Å². The number of rotatable bonds is 1. The molecule has 0 bridgehead atoms. The average Bonchev–Trinajstić information content (AvgIpc) is 2.13. The topological polar surface area (TPSA) is 50.2 Å². The molecular formula is C5H4FNO2S. The van der Waals surface area contributed by atoms with Gasteiger partial charge < -0.3 is 5.11 Å². The van der Waals surface area contributed by atoms with Gasteiger partial charge in [0.25, 0.3) is 0 Å². The van der Waals surface area contributed by atoms with Crippen LogP contribution in [0.15, 0.2) is 0 Å². The largest absolute Gasteiger partial charge is 0.476 e. The van der Waals surface area contributed by atoms with Crippen molar-refractivity contribution in [3.63, 3.8) is 0 Å². The first kappa shape index (κ1) is 7.14. The molecule has 10 heavy (non-hydrogen) atoms. The number of carbonyl (C=O) groups is 1. The van der Waals surface area contributed by atoms with Crippen LogP contribution in [0.1, 0.15) is 14.7 Å². The molecule has 1 aromatic heterocycles. The van der Waals surface area contributed by atoms with Crippen LogP contribution in [-0.2, 0) is 0 Å². The van der Waals surface area contributed by atoms with Crippen molar-refractivity contribution in [1.82, 2.24) is 4.98 Å². The zero-order valence-corrected chi connectivity index (χ0v) is 5.91. The van der Waals surface area contributed by atoms with E-state index in [1.807, 2.05) is 0 Å². The SMILES string of the molecule is Cc1sc(C(=O)O)nc1F. The van der Waals surface area contributed by atoms with Gasteiger partial charge in [0.2, 0.25) is 11.0 Å². The molecule has 0 unspecified atom stereocenters. The first-order valence-corrected chi connectivity index (χ1v) is 3.29. The predicted octanol–water partition coefficient (Wildman–Crippen LogP) is 1.29. The van der Waals surface area contributed by atoms with Crippen LogP contribution in [0.4, 0.5) is 4.39 Å². The Balaban J connectivity index is 3.10. The molecule has 0 radical (unpaired) electrons. The Hall–Kier alpha value is -0.970. The Bertz CT molecular complexity index is 251. The maximum absolute atomic E-state index is 12.3. The summed E-state index contributed by atoms with van der Waals surface area (Å²) in [5, 5.41) is 8.10. The molecule has 0 amide bonds. The van der Waals surface area contributed by atoms with E-state index in [2.05, 4.69) is 4.98 Å². The molecule has 54 valence electrons. The van der Waals surface area contributed by atoms with Crippen LogP contribution < -0.4 is 0 Å². The fourth-order valence-corrected chi connectivity index (χ4v) is 1.10. The number of carboxylic acid groups (broad SMARTS) is 1. The summed E-state index contributed by atoms with van der Waals surface area (Å²) < 4.78 is 12.3. The second-order valence-corrected chi connectivity index (χ2v) is 2.87. The number of aromatic nitrogens is 1. The Kier molecular flexibility index (Phi) is 1.67. The van der Waals surface area contributed by atoms with Crippen LogP contribution in [0.5, 0.6) is 0 Å². The maximum atomic E-state index is 12.3. The van der Waals surface area contributed by atoms with Gasteiger partial charge in [0.1, 0.15) is 0 Å². The summed E-state index contributed by atoms with van der Waals surface area (Å²) in [5.74, 6) is -1.88. The lowest BCUT2D eigenvalue weighted by molar-refractivity contribution is 0.0695. The summed E-state index contributed by atoms with van der Waals surface area (Å²) >= 11 is 0.837. The van der Waals surface area contributed by atoms with Crippen LogP contribution in [-0.4, -0.2) is 16.1 Å². The first-order chi connectivity index (χ1) is 4.61. The number of aryl methyl sites for hydroxylation is 1. The highest BCUT2D eigenvalue weighted by atomic mass is 32.1. The van der Waals surface area contributed by atoms with Crippen LogP contribution in [0, 0.1) is 12.9 Å². The molecule has 3 nitrogen and oxygen atoms in total. The number of halogens is 1. The molecule has 0 aromatic carbocycles. The fraction of sp³-hybridized carbons (Fsp3) is 0.200. The van der Waals surface area contributed by atoms with E-state index in [0.29, 0.717) is 4.88 Å². The molecule has 5 heteroatoms. The van der Waals surface area contributed by atoms with E-state index in [1.54, 1.807) is 0 Å². The summed E-state index contributed by atoms with van der Waals surface area (Å²) in [5.41, 5.74) is 0. The molecule has 0 saturated heterocycles. The fourth-order valence-electron chi connectivity index (χ4n) is 0.469. The van der Waals surface area contributed by atoms with Crippen molar-refractivity contribution < 1.29 is 14.3 Å². The summed E-state index contributed by atoms with van der Waals surface area (Å²) in [6.07, 6.45) is 0. The molecule has 0 aliphatic carbocycles. The number of nitrogens with zero attached hydrogens (tertiary/aromatic N) is 1. The normalized spacial score (nSPS) is 9.80. The molecule has 1 rings (SSSR count). The minimum Gasteiger partial charge on any atom is -0.476 e. The molecule has 0 saturated carbocycles. The lowest BCUT2D eigenvalue weighted by Gasteiger charge is -1.77. The Morgan fingerprint density at radius 1 is 1.80 bits per heavy atom. The summed E-state index contributed by atoms with van der Waals surface area (Å²) in [7, 11) is 0. The van der Waals surface area contributed by atoms with Crippen LogP contribution >= 0.6 is 11.3 Å². The molecule has 0 aliphatic heterocycles. The van der Waals surface area contributed by atoms with Crippen LogP contribution in [0.3, 0.4) is 0 Å². The number of thiazole rings is 1. The number of hydrogen-bond acceptors (Lipinski definition) is 3. The molecule has 0 atom stereocenters. The van der Waals surface area contributed by atoms with Crippen molar-refractivity contribution >= 4 is 17.3 Å². The summed E-state index contributed by atoms with van der Waals surface area (Å²) in [6.45, 7) is 1.49. The smallest absolute Gasteiger partial charge is 0.365 e. The van der Waals surface area contributed by atoms with E-state index in [1.165, 1.54) is 6.92 Å². The van der Waals surface area contributed by atoms with Gasteiger partial charge in [-0.05, 0) is 6.92 Å². The number of aromatic carboxylic acids is 1. The molecule has 1 heterocycles. The first-order valence-electron chi connectivity index (χ1n) is 2.47. The van der Waals surface area contributed by atoms with E-state index in [9.17, 15) is 9.18 Å². The van der Waals surface area contributed by atoms with Gasteiger partial charge in [-0.25, -0.2) is 9.78 Å². The lowest BCUT2D eigenvalue weighted by atomic mass is 10.6. The standard InChI is InChI=1S/C5H4FNO2S/c1-2-3(6)7-4(10-2)5(8)9/h1H3,(H,8,9). The van der Waals surface area contributed by atoms with Gasteiger partial charge in [-0.3, -0.25) is 0 Å². The number of hydrogen-bond donors (Lipinski definition) is 1. The Labute approximate surface area is 60.1 Å². The van der Waals surface area contributed by atoms with E-state index >= 15 is 0 Å². The minimum absolute atomic E-state index is 0.199. The summed E-state index contributed by atoms with van der Waals surface area (Å²) in [4.78, 5) is 13.6. The van der Waals surface area contributed by atoms with Crippen molar-refractivity contribution in [2.24, 2.45) is 0 Å². The monoisotopic (exact) mass is 161 g/mol. The van der Waals surface area contributed by atoms with Gasteiger partial charge in [-0.15, -0.1) is 11.3 Å². The highest BCUT2D eigenvalue weighted by Gasteiger charge is 2.11. The Morgan fingerprint density at radius 2 is 2.40 bits per heavy atom. The van der Waals surface area contributed by atoms with Gasteiger partial charge in [-0.1, -0.05) is 0 Å². The number of carboxylic acids is 1. The second kappa shape index (κ2) is 2.34. The quantitative estimate of drug-likeness (QED) is 0.675. The van der Waals surface area contributed by atoms with E-state index in [0.717, 1.165) is 11.3 Å². The summed E-state index contributed by atoms with van der Waals surface area (Å²) in [6, 6.07) is 0. The molecule has 1 N–H and O–H groups in total. The third-order valence-corrected chi connectivity index (χ3v) is 1.86. The lowest BCUT2D eigenvalue weighted by Crippen LogP contribution is -1.94. The van der Waals surface area contributed by atoms with Crippen molar-refractivity contribution in [1.29, 1.82) is 0 Å². The third kappa shape index (κ3) is 1.13. The highest BCUT2D eigenvalue weighted by Crippen LogP contribution is 2.14. The zero-order chi connectivity index (χ0) is 7.72. The van der Waals surface area contributed by atoms with Crippen LogP contribution in [0.2, 0.25) is 0 Å². The molecular weight excluding hydrogens is 157 g/mol. The van der Waals surface area contributed by atoms with Gasteiger partial charge in [0.05, 0.1) is 4.88 Å². The van der Waals surface area contributed by atoms with E-state index in [4.69, 9.17) is 5.11 Å². The van der Waals surface area contributed by atoms with Crippen molar-refractivity contribution in [3.8, 4) is 0 Å². The third-order valence-electron chi connectivity index (χ3n) is 0.923. The minimum atomic E-state index is -1.18. The molecule has 0 fully saturated rings.